The predicted octanol–water partition coefficient (Wildman–Crippen LogP) is 2.68. The summed E-state index contributed by atoms with van der Waals surface area (Å²) in [4.78, 5) is 8.25. The minimum Gasteiger partial charge on any atom is -0.390 e. The Labute approximate surface area is 132 Å². The van der Waals surface area contributed by atoms with Gasteiger partial charge in [-0.3, -0.25) is 0 Å². The van der Waals surface area contributed by atoms with Crippen molar-refractivity contribution in [2.45, 2.75) is 13.5 Å². The monoisotopic (exact) mass is 404 g/mol. The average molecular weight is 405 g/mol. The second kappa shape index (κ2) is 4.97. The molecule has 3 aromatic heterocycles. The molecule has 6 nitrogen and oxygen atoms in total. The maximum atomic E-state index is 9.68. The average Bonchev–Trinajstić information content (AvgIpc) is 2.90. The van der Waals surface area contributed by atoms with Gasteiger partial charge in [-0.2, -0.15) is 0 Å². The van der Waals surface area contributed by atoms with Gasteiger partial charge in [-0.25, -0.2) is 9.97 Å². The highest BCUT2D eigenvalue weighted by Crippen LogP contribution is 2.38. The molecular formula is C12H10ClIN4O2. The van der Waals surface area contributed by atoms with Gasteiger partial charge >= 0.3 is 0 Å². The lowest BCUT2D eigenvalue weighted by Gasteiger charge is -2.02. The molecule has 0 unspecified atom stereocenters. The first-order valence-electron chi connectivity index (χ1n) is 5.77. The molecular weight excluding hydrogens is 395 g/mol. The highest BCUT2D eigenvalue weighted by Gasteiger charge is 2.24. The fourth-order valence-corrected chi connectivity index (χ4v) is 2.91. The number of rotatable bonds is 2. The topological polar surface area (TPSA) is 77.0 Å². The molecule has 0 spiro atoms. The molecule has 0 aromatic carbocycles. The lowest BCUT2D eigenvalue weighted by atomic mass is 10.1. The fraction of sp³-hybridized carbons (Fsp3) is 0.250. The van der Waals surface area contributed by atoms with Crippen LogP contribution in [0.15, 0.2) is 10.9 Å². The van der Waals surface area contributed by atoms with Gasteiger partial charge in [-0.05, 0) is 29.5 Å². The Morgan fingerprint density at radius 1 is 1.45 bits per heavy atom. The van der Waals surface area contributed by atoms with Crippen LogP contribution in [0.3, 0.4) is 0 Å². The van der Waals surface area contributed by atoms with E-state index in [9.17, 15) is 5.11 Å². The van der Waals surface area contributed by atoms with E-state index in [4.69, 9.17) is 16.1 Å². The summed E-state index contributed by atoms with van der Waals surface area (Å²) in [6, 6.07) is 0. The number of hydrogen-bond acceptors (Lipinski definition) is 5. The van der Waals surface area contributed by atoms with Crippen molar-refractivity contribution in [1.82, 2.24) is 19.7 Å². The maximum absolute atomic E-state index is 9.68. The van der Waals surface area contributed by atoms with Crippen LogP contribution in [0.4, 0.5) is 0 Å². The van der Waals surface area contributed by atoms with Crippen LogP contribution in [-0.4, -0.2) is 24.8 Å². The van der Waals surface area contributed by atoms with Crippen molar-refractivity contribution < 1.29 is 9.63 Å². The summed E-state index contributed by atoms with van der Waals surface area (Å²) in [7, 11) is 1.82. The summed E-state index contributed by atoms with van der Waals surface area (Å²) in [6.07, 6.45) is 1.40. The van der Waals surface area contributed by atoms with Crippen LogP contribution in [0.2, 0.25) is 5.15 Å². The largest absolute Gasteiger partial charge is 0.390 e. The third-order valence-electron chi connectivity index (χ3n) is 3.22. The summed E-state index contributed by atoms with van der Waals surface area (Å²) in [6.45, 7) is 1.68. The molecule has 104 valence electrons. The van der Waals surface area contributed by atoms with E-state index in [0.717, 1.165) is 14.9 Å². The fourth-order valence-electron chi connectivity index (χ4n) is 2.22. The summed E-state index contributed by atoms with van der Waals surface area (Å²) in [5, 5.41) is 14.8. The second-order valence-corrected chi connectivity index (χ2v) is 5.74. The molecule has 0 aliphatic carbocycles. The Hall–Kier alpha value is -1.19. The normalized spacial score (nSPS) is 11.4. The third-order valence-corrected chi connectivity index (χ3v) is 4.78. The molecule has 0 aliphatic heterocycles. The van der Waals surface area contributed by atoms with Gasteiger partial charge < -0.3 is 14.2 Å². The predicted molar refractivity (Wildman–Crippen MR) is 82.4 cm³/mol. The Balaban J connectivity index is 2.48. The highest BCUT2D eigenvalue weighted by atomic mass is 127. The maximum Gasteiger partial charge on any atom is 0.147 e. The molecule has 1 N–H and O–H groups in total. The first-order chi connectivity index (χ1) is 9.56. The van der Waals surface area contributed by atoms with Gasteiger partial charge in [0, 0.05) is 12.6 Å². The standard InChI is InChI=1S/C12H10ClIN4O2/c1-5-9(14)10(17-20-5)7-6(3-19)18(2)12-8(7)11(13)15-4-16-12/h4,19H,3H2,1-2H3. The van der Waals surface area contributed by atoms with Crippen LogP contribution in [0, 0.1) is 10.5 Å². The minimum absolute atomic E-state index is 0.152. The first-order valence-corrected chi connectivity index (χ1v) is 7.22. The van der Waals surface area contributed by atoms with E-state index in [1.54, 1.807) is 4.57 Å². The van der Waals surface area contributed by atoms with E-state index in [1.165, 1.54) is 6.33 Å². The molecule has 0 fully saturated rings. The van der Waals surface area contributed by atoms with Crippen LogP contribution >= 0.6 is 34.2 Å². The lowest BCUT2D eigenvalue weighted by molar-refractivity contribution is 0.273. The van der Waals surface area contributed by atoms with Crippen molar-refractivity contribution in [3.05, 3.63) is 26.5 Å². The van der Waals surface area contributed by atoms with Gasteiger partial charge in [0.05, 0.1) is 21.3 Å². The van der Waals surface area contributed by atoms with E-state index in [1.807, 2.05) is 14.0 Å². The van der Waals surface area contributed by atoms with E-state index in [-0.39, 0.29) is 6.61 Å². The van der Waals surface area contributed by atoms with E-state index in [0.29, 0.717) is 27.6 Å². The Morgan fingerprint density at radius 2 is 2.20 bits per heavy atom. The summed E-state index contributed by atoms with van der Waals surface area (Å²) >= 11 is 8.37. The van der Waals surface area contributed by atoms with E-state index in [2.05, 4.69) is 37.7 Å². The van der Waals surface area contributed by atoms with Gasteiger partial charge in [0.15, 0.2) is 0 Å². The Morgan fingerprint density at radius 3 is 2.80 bits per heavy atom. The van der Waals surface area contributed by atoms with Crippen molar-refractivity contribution in [3.63, 3.8) is 0 Å². The summed E-state index contributed by atoms with van der Waals surface area (Å²) in [5.74, 6) is 0.717. The number of aryl methyl sites for hydroxylation is 2. The number of hydrogen-bond donors (Lipinski definition) is 1. The zero-order chi connectivity index (χ0) is 14.4. The molecule has 0 aliphatic rings. The molecule has 0 amide bonds. The first kappa shape index (κ1) is 13.8. The van der Waals surface area contributed by atoms with Crippen molar-refractivity contribution in [2.75, 3.05) is 0 Å². The van der Waals surface area contributed by atoms with Crippen molar-refractivity contribution in [1.29, 1.82) is 0 Å². The van der Waals surface area contributed by atoms with Crippen LogP contribution in [-0.2, 0) is 13.7 Å². The quantitative estimate of drug-likeness (QED) is 0.525. The highest BCUT2D eigenvalue weighted by molar-refractivity contribution is 14.1. The molecule has 0 saturated heterocycles. The van der Waals surface area contributed by atoms with Gasteiger partial charge in [0.25, 0.3) is 0 Å². The molecule has 3 heterocycles. The van der Waals surface area contributed by atoms with Crippen LogP contribution in [0.5, 0.6) is 0 Å². The summed E-state index contributed by atoms with van der Waals surface area (Å²) < 4.78 is 7.88. The molecule has 20 heavy (non-hydrogen) atoms. The molecule has 3 rings (SSSR count). The zero-order valence-electron chi connectivity index (χ0n) is 10.7. The van der Waals surface area contributed by atoms with Gasteiger partial charge in [0.2, 0.25) is 0 Å². The zero-order valence-corrected chi connectivity index (χ0v) is 13.6. The molecule has 0 radical (unpaired) electrons. The molecule has 0 saturated carbocycles. The summed E-state index contributed by atoms with van der Waals surface area (Å²) in [5.41, 5.74) is 2.69. The van der Waals surface area contributed by atoms with E-state index < -0.39 is 0 Å². The molecule has 0 bridgehead atoms. The van der Waals surface area contributed by atoms with Crippen molar-refractivity contribution >= 4 is 45.2 Å². The Kier molecular flexibility index (Phi) is 3.43. The number of fused-ring (bicyclic) bond motifs is 1. The second-order valence-electron chi connectivity index (χ2n) is 4.30. The van der Waals surface area contributed by atoms with E-state index >= 15 is 0 Å². The van der Waals surface area contributed by atoms with Crippen molar-refractivity contribution in [3.8, 4) is 11.3 Å². The van der Waals surface area contributed by atoms with Gasteiger partial charge in [-0.15, -0.1) is 0 Å². The minimum atomic E-state index is -0.152. The lowest BCUT2D eigenvalue weighted by Crippen LogP contribution is -1.98. The van der Waals surface area contributed by atoms with Gasteiger partial charge in [0.1, 0.15) is 28.6 Å². The van der Waals surface area contributed by atoms with Crippen LogP contribution in [0.1, 0.15) is 11.5 Å². The number of nitrogens with zero attached hydrogens (tertiary/aromatic N) is 4. The molecule has 8 heteroatoms. The van der Waals surface area contributed by atoms with Crippen LogP contribution in [0.25, 0.3) is 22.3 Å². The molecule has 0 atom stereocenters. The van der Waals surface area contributed by atoms with Crippen molar-refractivity contribution in [2.24, 2.45) is 7.05 Å². The number of aliphatic hydroxyl groups excluding tert-OH is 1. The number of halogens is 2. The smallest absolute Gasteiger partial charge is 0.147 e. The molecule has 3 aromatic rings. The Bertz CT molecular complexity index is 811. The SMILES string of the molecule is Cc1onc(-c2c(CO)n(C)c3ncnc(Cl)c23)c1I. The number of aromatic nitrogens is 4. The van der Waals surface area contributed by atoms with Crippen LogP contribution < -0.4 is 0 Å². The third kappa shape index (κ3) is 1.84. The number of aliphatic hydroxyl groups is 1. The van der Waals surface area contributed by atoms with Gasteiger partial charge in [-0.1, -0.05) is 16.8 Å².